The molecule has 0 aliphatic carbocycles. The van der Waals surface area contributed by atoms with Crippen LogP contribution in [0.3, 0.4) is 0 Å². The highest BCUT2D eigenvalue weighted by Crippen LogP contribution is 2.18. The van der Waals surface area contributed by atoms with E-state index in [0.29, 0.717) is 5.54 Å². The van der Waals surface area contributed by atoms with E-state index in [4.69, 9.17) is 0 Å². The molecule has 96 valence electrons. The van der Waals surface area contributed by atoms with Crippen LogP contribution in [0.1, 0.15) is 59.8 Å². The normalized spacial score (nSPS) is 25.9. The molecule has 2 heteroatoms. The summed E-state index contributed by atoms with van der Waals surface area (Å²) in [7, 11) is 0. The van der Waals surface area contributed by atoms with Crippen LogP contribution in [0.2, 0.25) is 0 Å². The van der Waals surface area contributed by atoms with Crippen LogP contribution in [-0.2, 0) is 0 Å². The predicted octanol–water partition coefficient (Wildman–Crippen LogP) is 3.03. The summed E-state index contributed by atoms with van der Waals surface area (Å²) in [4.78, 5) is 2.72. The number of nitrogens with one attached hydrogen (secondary N) is 1. The van der Waals surface area contributed by atoms with E-state index < -0.39 is 0 Å². The van der Waals surface area contributed by atoms with Gasteiger partial charge in [-0.15, -0.1) is 0 Å². The van der Waals surface area contributed by atoms with Gasteiger partial charge >= 0.3 is 0 Å². The van der Waals surface area contributed by atoms with E-state index in [0.717, 1.165) is 6.04 Å². The van der Waals surface area contributed by atoms with Crippen molar-refractivity contribution in [2.75, 3.05) is 19.6 Å². The molecule has 1 saturated heterocycles. The Hall–Kier alpha value is -0.0800. The lowest BCUT2D eigenvalue weighted by molar-refractivity contribution is 0.0878. The molecule has 0 aromatic carbocycles. The minimum absolute atomic E-state index is 0.302. The van der Waals surface area contributed by atoms with Crippen molar-refractivity contribution in [2.24, 2.45) is 0 Å². The monoisotopic (exact) mass is 226 g/mol. The summed E-state index contributed by atoms with van der Waals surface area (Å²) >= 11 is 0. The lowest BCUT2D eigenvalue weighted by atomic mass is 9.96. The Bertz CT molecular complexity index is 189. The Kier molecular flexibility index (Phi) is 5.77. The fourth-order valence-corrected chi connectivity index (χ4v) is 2.66. The second-order valence-corrected chi connectivity index (χ2v) is 5.88. The van der Waals surface area contributed by atoms with E-state index >= 15 is 0 Å². The van der Waals surface area contributed by atoms with Crippen LogP contribution in [-0.4, -0.2) is 36.1 Å². The Labute approximate surface area is 102 Å². The first-order chi connectivity index (χ1) is 7.59. The molecular weight excluding hydrogens is 196 g/mol. The molecule has 0 aromatic rings. The van der Waals surface area contributed by atoms with E-state index in [9.17, 15) is 0 Å². The van der Waals surface area contributed by atoms with Gasteiger partial charge in [0.25, 0.3) is 0 Å². The maximum atomic E-state index is 3.67. The highest BCUT2D eigenvalue weighted by Gasteiger charge is 2.31. The molecule has 1 fully saturated rings. The average Bonchev–Trinajstić information content (AvgIpc) is 2.22. The van der Waals surface area contributed by atoms with Gasteiger partial charge in [0.2, 0.25) is 0 Å². The zero-order valence-corrected chi connectivity index (χ0v) is 11.7. The van der Waals surface area contributed by atoms with Crippen molar-refractivity contribution in [3.05, 3.63) is 0 Å². The standard InChI is InChI=1S/C14H30N2/c1-5-7-8-10-16-12-14(3,4)15-11-13(16)9-6-2/h13,15H,5-12H2,1-4H3. The van der Waals surface area contributed by atoms with Crippen LogP contribution in [0.15, 0.2) is 0 Å². The minimum Gasteiger partial charge on any atom is -0.309 e. The summed E-state index contributed by atoms with van der Waals surface area (Å²) in [6.07, 6.45) is 6.72. The van der Waals surface area contributed by atoms with Crippen molar-refractivity contribution in [3.8, 4) is 0 Å². The van der Waals surface area contributed by atoms with E-state index in [1.165, 1.54) is 51.7 Å². The summed E-state index contributed by atoms with van der Waals surface area (Å²) in [5.74, 6) is 0. The summed E-state index contributed by atoms with van der Waals surface area (Å²) in [5, 5.41) is 3.67. The first-order valence-electron chi connectivity index (χ1n) is 7.08. The largest absolute Gasteiger partial charge is 0.309 e. The lowest BCUT2D eigenvalue weighted by Crippen LogP contribution is -2.61. The lowest BCUT2D eigenvalue weighted by Gasteiger charge is -2.45. The first kappa shape index (κ1) is 14.0. The van der Waals surface area contributed by atoms with Gasteiger partial charge in [0.15, 0.2) is 0 Å². The molecule has 0 aromatic heterocycles. The molecule has 1 heterocycles. The first-order valence-corrected chi connectivity index (χ1v) is 7.08. The van der Waals surface area contributed by atoms with Crippen LogP contribution in [0.25, 0.3) is 0 Å². The number of hydrogen-bond acceptors (Lipinski definition) is 2. The number of nitrogens with zero attached hydrogens (tertiary/aromatic N) is 1. The van der Waals surface area contributed by atoms with Crippen LogP contribution in [0.5, 0.6) is 0 Å². The summed E-state index contributed by atoms with van der Waals surface area (Å²) in [6.45, 7) is 12.9. The quantitative estimate of drug-likeness (QED) is 0.700. The number of piperazine rings is 1. The van der Waals surface area contributed by atoms with Gasteiger partial charge in [0.05, 0.1) is 0 Å². The maximum absolute atomic E-state index is 3.67. The van der Waals surface area contributed by atoms with Crippen LogP contribution >= 0.6 is 0 Å². The third-order valence-corrected chi connectivity index (χ3v) is 3.60. The van der Waals surface area contributed by atoms with Gasteiger partial charge in [0, 0.05) is 24.7 Å². The van der Waals surface area contributed by atoms with E-state index in [-0.39, 0.29) is 0 Å². The van der Waals surface area contributed by atoms with Crippen LogP contribution in [0.4, 0.5) is 0 Å². The highest BCUT2D eigenvalue weighted by atomic mass is 15.2. The number of unbranched alkanes of at least 4 members (excludes halogenated alkanes) is 2. The zero-order valence-electron chi connectivity index (χ0n) is 11.7. The molecule has 1 aliphatic heterocycles. The van der Waals surface area contributed by atoms with Gasteiger partial charge in [0.1, 0.15) is 0 Å². The SMILES string of the molecule is CCCCCN1CC(C)(C)NCC1CCC. The van der Waals surface area contributed by atoms with Crippen molar-refractivity contribution in [1.29, 1.82) is 0 Å². The van der Waals surface area contributed by atoms with Crippen molar-refractivity contribution < 1.29 is 0 Å². The van der Waals surface area contributed by atoms with Crippen molar-refractivity contribution in [2.45, 2.75) is 71.4 Å². The predicted molar refractivity (Wildman–Crippen MR) is 71.9 cm³/mol. The second kappa shape index (κ2) is 6.61. The Morgan fingerprint density at radius 3 is 2.56 bits per heavy atom. The van der Waals surface area contributed by atoms with Crippen molar-refractivity contribution in [3.63, 3.8) is 0 Å². The molecule has 16 heavy (non-hydrogen) atoms. The summed E-state index contributed by atoms with van der Waals surface area (Å²) < 4.78 is 0. The third kappa shape index (κ3) is 4.42. The summed E-state index contributed by atoms with van der Waals surface area (Å²) in [6, 6.07) is 0.773. The Morgan fingerprint density at radius 1 is 1.19 bits per heavy atom. The Balaban J connectivity index is 2.43. The van der Waals surface area contributed by atoms with Crippen molar-refractivity contribution in [1.82, 2.24) is 10.2 Å². The van der Waals surface area contributed by atoms with Crippen molar-refractivity contribution >= 4 is 0 Å². The molecule has 0 spiro atoms. The van der Waals surface area contributed by atoms with Gasteiger partial charge in [-0.2, -0.15) is 0 Å². The Morgan fingerprint density at radius 2 is 1.94 bits per heavy atom. The van der Waals surface area contributed by atoms with Crippen LogP contribution < -0.4 is 5.32 Å². The van der Waals surface area contributed by atoms with Gasteiger partial charge in [-0.3, -0.25) is 4.90 Å². The molecule has 0 saturated carbocycles. The molecule has 1 unspecified atom stereocenters. The van der Waals surface area contributed by atoms with Crippen LogP contribution in [0, 0.1) is 0 Å². The fourth-order valence-electron chi connectivity index (χ4n) is 2.66. The van der Waals surface area contributed by atoms with Gasteiger partial charge in [-0.1, -0.05) is 33.1 Å². The molecule has 1 aliphatic rings. The molecule has 1 rings (SSSR count). The van der Waals surface area contributed by atoms with E-state index in [1.807, 2.05) is 0 Å². The fraction of sp³-hybridized carbons (Fsp3) is 1.00. The average molecular weight is 226 g/mol. The van der Waals surface area contributed by atoms with Gasteiger partial charge in [-0.25, -0.2) is 0 Å². The number of hydrogen-bond donors (Lipinski definition) is 1. The topological polar surface area (TPSA) is 15.3 Å². The molecular formula is C14H30N2. The highest BCUT2D eigenvalue weighted by molar-refractivity contribution is 4.91. The van der Waals surface area contributed by atoms with Gasteiger partial charge in [-0.05, 0) is 33.2 Å². The third-order valence-electron chi connectivity index (χ3n) is 3.60. The molecule has 0 bridgehead atoms. The summed E-state index contributed by atoms with van der Waals surface area (Å²) in [5.41, 5.74) is 0.302. The molecule has 2 nitrogen and oxygen atoms in total. The molecule has 1 N–H and O–H groups in total. The number of rotatable bonds is 6. The van der Waals surface area contributed by atoms with Gasteiger partial charge < -0.3 is 5.32 Å². The zero-order chi connectivity index (χ0) is 12.0. The second-order valence-electron chi connectivity index (χ2n) is 5.88. The maximum Gasteiger partial charge on any atom is 0.0252 e. The molecule has 0 radical (unpaired) electrons. The minimum atomic E-state index is 0.302. The molecule has 1 atom stereocenters. The van der Waals surface area contributed by atoms with E-state index in [1.54, 1.807) is 0 Å². The molecule has 0 amide bonds. The smallest absolute Gasteiger partial charge is 0.0252 e. The van der Waals surface area contributed by atoms with E-state index in [2.05, 4.69) is 37.9 Å².